The molecule has 2 amide bonds. The van der Waals surface area contributed by atoms with Crippen molar-refractivity contribution < 1.29 is 14.3 Å². The fraction of sp³-hybridized carbons (Fsp3) is 0.318. The summed E-state index contributed by atoms with van der Waals surface area (Å²) in [6.07, 6.45) is 1.72. The highest BCUT2D eigenvalue weighted by molar-refractivity contribution is 6.06. The largest absolute Gasteiger partial charge is 0.383 e. The molecule has 7 heteroatoms. The molecule has 0 unspecified atom stereocenters. The van der Waals surface area contributed by atoms with Crippen molar-refractivity contribution in [3.05, 3.63) is 65.7 Å². The average molecular weight is 394 g/mol. The number of nitrogens with one attached hydrogen (secondary N) is 2. The second-order valence-corrected chi connectivity index (χ2v) is 7.74. The fourth-order valence-corrected chi connectivity index (χ4v) is 3.14. The molecule has 0 aliphatic carbocycles. The lowest BCUT2D eigenvalue weighted by Crippen LogP contribution is -2.27. The van der Waals surface area contributed by atoms with E-state index in [0.29, 0.717) is 18.7 Å². The molecule has 152 valence electrons. The van der Waals surface area contributed by atoms with Crippen LogP contribution in [0.1, 0.15) is 47.4 Å². The summed E-state index contributed by atoms with van der Waals surface area (Å²) in [7, 11) is 1.57. The Labute approximate surface area is 170 Å². The number of amides is 2. The van der Waals surface area contributed by atoms with E-state index in [1.54, 1.807) is 35.9 Å². The van der Waals surface area contributed by atoms with Crippen LogP contribution in [0.4, 0.5) is 5.69 Å². The topological polar surface area (TPSA) is 84.7 Å². The monoisotopic (exact) mass is 394 g/mol. The van der Waals surface area contributed by atoms with Crippen LogP contribution in [-0.4, -0.2) is 41.5 Å². The maximum atomic E-state index is 13.1. The first-order valence-electron chi connectivity index (χ1n) is 9.48. The first-order valence-corrected chi connectivity index (χ1v) is 9.48. The summed E-state index contributed by atoms with van der Waals surface area (Å²) >= 11 is 0. The van der Waals surface area contributed by atoms with Crippen LogP contribution in [0.2, 0.25) is 0 Å². The number of hydrogen-bond donors (Lipinski definition) is 2. The fourth-order valence-electron chi connectivity index (χ4n) is 3.14. The smallest absolute Gasteiger partial charge is 0.292 e. The molecule has 29 heavy (non-hydrogen) atoms. The van der Waals surface area contributed by atoms with Gasteiger partial charge in [0, 0.05) is 25.5 Å². The SMILES string of the molecule is COCCNC(=O)c1nc(C(=O)Nc2ccccc2C(C)(C)C)n2ccccc12. The molecule has 1 aromatic carbocycles. The van der Waals surface area contributed by atoms with E-state index in [0.717, 1.165) is 11.3 Å². The number of para-hydroxylation sites is 1. The minimum Gasteiger partial charge on any atom is -0.383 e. The van der Waals surface area contributed by atoms with Crippen molar-refractivity contribution in [2.75, 3.05) is 25.6 Å². The lowest BCUT2D eigenvalue weighted by molar-refractivity contribution is 0.0934. The molecule has 0 radical (unpaired) electrons. The van der Waals surface area contributed by atoms with Gasteiger partial charge in [0.15, 0.2) is 5.69 Å². The van der Waals surface area contributed by atoms with Crippen molar-refractivity contribution in [3.8, 4) is 0 Å². The Morgan fingerprint density at radius 1 is 1.07 bits per heavy atom. The molecule has 0 fully saturated rings. The quantitative estimate of drug-likeness (QED) is 0.629. The predicted octanol–water partition coefficient (Wildman–Crippen LogP) is 3.26. The zero-order chi connectivity index (χ0) is 21.0. The first-order chi connectivity index (χ1) is 13.8. The number of fused-ring (bicyclic) bond motifs is 1. The van der Waals surface area contributed by atoms with Crippen LogP contribution in [0.25, 0.3) is 5.52 Å². The lowest BCUT2D eigenvalue weighted by Gasteiger charge is -2.22. The predicted molar refractivity (Wildman–Crippen MR) is 112 cm³/mol. The van der Waals surface area contributed by atoms with E-state index in [1.165, 1.54) is 0 Å². The van der Waals surface area contributed by atoms with E-state index >= 15 is 0 Å². The molecular weight excluding hydrogens is 368 g/mol. The molecule has 0 aliphatic rings. The molecule has 2 N–H and O–H groups in total. The number of ether oxygens (including phenoxy) is 1. The minimum atomic E-state index is -0.376. The molecule has 0 saturated carbocycles. The molecule has 0 spiro atoms. The van der Waals surface area contributed by atoms with Crippen molar-refractivity contribution in [3.63, 3.8) is 0 Å². The van der Waals surface area contributed by atoms with Crippen LogP contribution in [0.15, 0.2) is 48.7 Å². The Morgan fingerprint density at radius 2 is 1.79 bits per heavy atom. The number of carbonyl (C=O) groups is 2. The summed E-state index contributed by atoms with van der Waals surface area (Å²) in [5.74, 6) is -0.570. The van der Waals surface area contributed by atoms with E-state index in [2.05, 4.69) is 36.4 Å². The van der Waals surface area contributed by atoms with Gasteiger partial charge in [-0.15, -0.1) is 0 Å². The van der Waals surface area contributed by atoms with Gasteiger partial charge in [0.2, 0.25) is 5.82 Å². The van der Waals surface area contributed by atoms with Crippen molar-refractivity contribution in [2.24, 2.45) is 0 Å². The second kappa shape index (κ2) is 8.45. The summed E-state index contributed by atoms with van der Waals surface area (Å²) < 4.78 is 6.58. The zero-order valence-electron chi connectivity index (χ0n) is 17.2. The van der Waals surface area contributed by atoms with E-state index in [9.17, 15) is 9.59 Å². The van der Waals surface area contributed by atoms with Gasteiger partial charge in [-0.2, -0.15) is 0 Å². The van der Waals surface area contributed by atoms with E-state index in [4.69, 9.17) is 4.74 Å². The van der Waals surface area contributed by atoms with E-state index < -0.39 is 0 Å². The van der Waals surface area contributed by atoms with Gasteiger partial charge >= 0.3 is 0 Å². The number of pyridine rings is 1. The third kappa shape index (κ3) is 4.46. The van der Waals surface area contributed by atoms with Gasteiger partial charge in [0.05, 0.1) is 12.1 Å². The van der Waals surface area contributed by atoms with Crippen LogP contribution in [0.5, 0.6) is 0 Å². The number of methoxy groups -OCH3 is 1. The highest BCUT2D eigenvalue weighted by Gasteiger charge is 2.23. The lowest BCUT2D eigenvalue weighted by atomic mass is 9.86. The van der Waals surface area contributed by atoms with E-state index in [1.807, 2.05) is 24.3 Å². The molecule has 0 bridgehead atoms. The Kier molecular flexibility index (Phi) is 5.98. The number of hydrogen-bond acceptors (Lipinski definition) is 4. The van der Waals surface area contributed by atoms with Crippen molar-refractivity contribution in [1.82, 2.24) is 14.7 Å². The summed E-state index contributed by atoms with van der Waals surface area (Å²) in [5.41, 5.74) is 2.38. The van der Waals surface area contributed by atoms with Crippen LogP contribution in [0.3, 0.4) is 0 Å². The van der Waals surface area contributed by atoms with Crippen molar-refractivity contribution in [2.45, 2.75) is 26.2 Å². The van der Waals surface area contributed by atoms with Gasteiger partial charge in [-0.05, 0) is 29.2 Å². The van der Waals surface area contributed by atoms with Gasteiger partial charge < -0.3 is 15.4 Å². The Morgan fingerprint density at radius 3 is 2.52 bits per heavy atom. The third-order valence-corrected chi connectivity index (χ3v) is 4.54. The maximum Gasteiger partial charge on any atom is 0.292 e. The maximum absolute atomic E-state index is 13.1. The molecule has 2 heterocycles. The third-order valence-electron chi connectivity index (χ3n) is 4.54. The normalized spacial score (nSPS) is 11.4. The molecule has 7 nitrogen and oxygen atoms in total. The molecule has 2 aromatic heterocycles. The summed E-state index contributed by atoms with van der Waals surface area (Å²) in [4.78, 5) is 30.0. The number of rotatable bonds is 6. The van der Waals surface area contributed by atoms with Gasteiger partial charge in [0.25, 0.3) is 11.8 Å². The molecule has 3 aromatic rings. The summed E-state index contributed by atoms with van der Waals surface area (Å²) in [6, 6.07) is 13.0. The highest BCUT2D eigenvalue weighted by atomic mass is 16.5. The van der Waals surface area contributed by atoms with Gasteiger partial charge in [-0.3, -0.25) is 14.0 Å². The minimum absolute atomic E-state index is 0.134. The Bertz CT molecular complexity index is 1030. The van der Waals surface area contributed by atoms with Gasteiger partial charge in [0.1, 0.15) is 0 Å². The number of nitrogens with zero attached hydrogens (tertiary/aromatic N) is 2. The number of carbonyl (C=O) groups excluding carboxylic acids is 2. The second-order valence-electron chi connectivity index (χ2n) is 7.74. The van der Waals surface area contributed by atoms with Crippen LogP contribution in [0, 0.1) is 0 Å². The zero-order valence-corrected chi connectivity index (χ0v) is 17.2. The van der Waals surface area contributed by atoms with Crippen molar-refractivity contribution in [1.29, 1.82) is 0 Å². The number of anilines is 1. The van der Waals surface area contributed by atoms with Crippen LogP contribution < -0.4 is 10.6 Å². The molecule has 0 aliphatic heterocycles. The highest BCUT2D eigenvalue weighted by Crippen LogP contribution is 2.29. The van der Waals surface area contributed by atoms with Gasteiger partial charge in [-0.25, -0.2) is 4.98 Å². The van der Waals surface area contributed by atoms with Gasteiger partial charge in [-0.1, -0.05) is 45.0 Å². The van der Waals surface area contributed by atoms with Crippen LogP contribution >= 0.6 is 0 Å². The summed E-state index contributed by atoms with van der Waals surface area (Å²) in [5, 5.41) is 5.71. The van der Waals surface area contributed by atoms with Crippen LogP contribution in [-0.2, 0) is 10.2 Å². The first kappa shape index (κ1) is 20.5. The summed E-state index contributed by atoms with van der Waals surface area (Å²) in [6.45, 7) is 7.03. The number of imidazole rings is 1. The molecule has 0 saturated heterocycles. The Balaban J connectivity index is 1.95. The number of benzene rings is 1. The number of aromatic nitrogens is 2. The molecule has 3 rings (SSSR count). The molecular formula is C22H26N4O3. The average Bonchev–Trinajstić information content (AvgIpc) is 3.08. The molecule has 0 atom stereocenters. The van der Waals surface area contributed by atoms with E-state index in [-0.39, 0.29) is 28.7 Å². The Hall–Kier alpha value is -3.19. The van der Waals surface area contributed by atoms with Crippen molar-refractivity contribution >= 4 is 23.0 Å². The standard InChI is InChI=1S/C22H26N4O3/c1-22(2,3)15-9-5-6-10-16(15)24-21(28)19-25-18(20(27)23-12-14-29-4)17-11-7-8-13-26(17)19/h5-11,13H,12,14H2,1-4H3,(H,23,27)(H,24,28).